The summed E-state index contributed by atoms with van der Waals surface area (Å²) in [5, 5.41) is 26.8. The Bertz CT molecular complexity index is 1450. The molecule has 0 aromatic heterocycles. The van der Waals surface area contributed by atoms with Crippen molar-refractivity contribution in [1.82, 2.24) is 0 Å². The number of hydrogen-bond acceptors (Lipinski definition) is 6. The van der Waals surface area contributed by atoms with E-state index in [1.807, 2.05) is 42.5 Å². The first kappa shape index (κ1) is 27.5. The van der Waals surface area contributed by atoms with Gasteiger partial charge in [-0.05, 0) is 58.5 Å². The van der Waals surface area contributed by atoms with Crippen molar-refractivity contribution in [2.45, 2.75) is 27.7 Å². The lowest BCUT2D eigenvalue weighted by atomic mass is 9.95. The molecule has 0 bridgehead atoms. The van der Waals surface area contributed by atoms with Crippen molar-refractivity contribution in [3.05, 3.63) is 77.6 Å². The Hall–Kier alpha value is -4.58. The lowest BCUT2D eigenvalue weighted by molar-refractivity contribution is 0.262. The third kappa shape index (κ3) is 6.85. The van der Waals surface area contributed by atoms with E-state index in [9.17, 15) is 9.18 Å². The molecule has 3 aromatic rings. The first-order valence-electron chi connectivity index (χ1n) is 12.9. The van der Waals surface area contributed by atoms with Gasteiger partial charge in [0.2, 0.25) is 0 Å². The monoisotopic (exact) mass is 525 g/mol. The zero-order chi connectivity index (χ0) is 27.9. The molecule has 2 N–H and O–H groups in total. The number of anilines is 3. The first-order chi connectivity index (χ1) is 18.7. The summed E-state index contributed by atoms with van der Waals surface area (Å²) in [4.78, 5) is 15.4. The minimum absolute atomic E-state index is 0.138. The van der Waals surface area contributed by atoms with Gasteiger partial charge in [0.15, 0.2) is 0 Å². The molecule has 1 aliphatic rings. The molecule has 39 heavy (non-hydrogen) atoms. The maximum Gasteiger partial charge on any atom is 0.323 e. The number of carbonyl (C=O) groups excluding carboxylic acids is 1. The van der Waals surface area contributed by atoms with Crippen LogP contribution in [0.1, 0.15) is 38.8 Å². The van der Waals surface area contributed by atoms with E-state index in [0.717, 1.165) is 47.2 Å². The molecule has 8 nitrogen and oxygen atoms in total. The van der Waals surface area contributed by atoms with E-state index in [1.165, 1.54) is 12.1 Å². The highest BCUT2D eigenvalue weighted by molar-refractivity contribution is 6.08. The van der Waals surface area contributed by atoms with Crippen molar-refractivity contribution in [2.24, 2.45) is 27.3 Å². The smallest absolute Gasteiger partial charge is 0.323 e. The van der Waals surface area contributed by atoms with Gasteiger partial charge in [-0.1, -0.05) is 58.0 Å². The number of nitriles is 1. The molecule has 1 aliphatic heterocycles. The van der Waals surface area contributed by atoms with Crippen LogP contribution in [0.3, 0.4) is 0 Å². The number of benzene rings is 3. The molecule has 0 atom stereocenters. The molecule has 1 heterocycles. The highest BCUT2D eigenvalue weighted by Crippen LogP contribution is 2.35. The predicted octanol–water partition coefficient (Wildman–Crippen LogP) is 7.30. The number of amides is 2. The van der Waals surface area contributed by atoms with Gasteiger partial charge in [-0.25, -0.2) is 9.18 Å². The molecule has 0 saturated heterocycles. The quantitative estimate of drug-likeness (QED) is 0.306. The van der Waals surface area contributed by atoms with Gasteiger partial charge < -0.3 is 15.5 Å². The third-order valence-electron chi connectivity index (χ3n) is 6.10. The van der Waals surface area contributed by atoms with Crippen molar-refractivity contribution in [2.75, 3.05) is 35.2 Å². The molecule has 4 rings (SSSR count). The highest BCUT2D eigenvalue weighted by Gasteiger charge is 2.19. The van der Waals surface area contributed by atoms with Crippen LogP contribution in [0.25, 0.3) is 11.1 Å². The number of urea groups is 1. The average Bonchev–Trinajstić information content (AvgIpc) is 3.44. The maximum atomic E-state index is 13.8. The molecule has 0 unspecified atom stereocenters. The number of carbonyl (C=O) groups is 1. The number of nitrogens with zero attached hydrogens (tertiary/aromatic N) is 5. The van der Waals surface area contributed by atoms with Crippen molar-refractivity contribution in [1.29, 1.82) is 5.26 Å². The van der Waals surface area contributed by atoms with Crippen molar-refractivity contribution in [3.63, 3.8) is 0 Å². The Kier molecular flexibility index (Phi) is 8.67. The molecule has 200 valence electrons. The van der Waals surface area contributed by atoms with Crippen LogP contribution in [0, 0.1) is 29.0 Å². The standard InChI is InChI=1S/C30H32FN7O/c1-19(2)17-38(18-20(3)4)29-12-9-21(24-7-5-6-8-25(24)28-16-33-37-36-28)14-27(29)35-30(39)34-23-10-11-26(31)22(13-23)15-32/h5-14,19-20H,16-18H2,1-4H3,(H2,34,35,39). The minimum atomic E-state index is -0.636. The molecule has 0 radical (unpaired) electrons. The molecular weight excluding hydrogens is 493 g/mol. The Balaban J connectivity index is 1.73. The molecule has 0 aliphatic carbocycles. The van der Waals surface area contributed by atoms with Crippen LogP contribution in [0.5, 0.6) is 0 Å². The summed E-state index contributed by atoms with van der Waals surface area (Å²) in [7, 11) is 0. The molecule has 0 fully saturated rings. The molecule has 2 amide bonds. The summed E-state index contributed by atoms with van der Waals surface area (Å²) >= 11 is 0. The highest BCUT2D eigenvalue weighted by atomic mass is 19.1. The van der Waals surface area contributed by atoms with Gasteiger partial charge in [-0.3, -0.25) is 0 Å². The molecule has 9 heteroatoms. The zero-order valence-corrected chi connectivity index (χ0v) is 22.6. The lowest BCUT2D eigenvalue weighted by Crippen LogP contribution is -2.32. The second kappa shape index (κ2) is 12.3. The van der Waals surface area contributed by atoms with E-state index in [4.69, 9.17) is 5.26 Å². The first-order valence-corrected chi connectivity index (χ1v) is 12.9. The maximum absolute atomic E-state index is 13.8. The normalized spacial score (nSPS) is 12.4. The Morgan fingerprint density at radius 2 is 1.72 bits per heavy atom. The number of rotatable bonds is 9. The van der Waals surface area contributed by atoms with E-state index >= 15 is 0 Å². The van der Waals surface area contributed by atoms with E-state index in [0.29, 0.717) is 29.8 Å². The molecule has 0 saturated carbocycles. The Morgan fingerprint density at radius 1 is 1.00 bits per heavy atom. The summed E-state index contributed by atoms with van der Waals surface area (Å²) in [5.41, 5.74) is 5.29. The van der Waals surface area contributed by atoms with E-state index in [1.54, 1.807) is 6.07 Å². The number of hydrogen-bond donors (Lipinski definition) is 2. The van der Waals surface area contributed by atoms with Crippen LogP contribution in [0.4, 0.5) is 26.2 Å². The lowest BCUT2D eigenvalue weighted by Gasteiger charge is -2.31. The summed E-state index contributed by atoms with van der Waals surface area (Å²) in [6.45, 7) is 10.7. The van der Waals surface area contributed by atoms with E-state index in [-0.39, 0.29) is 5.56 Å². The number of halogens is 1. The van der Waals surface area contributed by atoms with Gasteiger partial charge in [0.1, 0.15) is 18.4 Å². The fourth-order valence-corrected chi connectivity index (χ4v) is 4.55. The van der Waals surface area contributed by atoms with Gasteiger partial charge in [-0.2, -0.15) is 10.4 Å². The van der Waals surface area contributed by atoms with Gasteiger partial charge in [-0.15, -0.1) is 5.10 Å². The number of nitrogens with one attached hydrogen (secondary N) is 2. The summed E-state index contributed by atoms with van der Waals surface area (Å²) in [6, 6.07) is 19.1. The zero-order valence-electron chi connectivity index (χ0n) is 22.6. The second-order valence-electron chi connectivity index (χ2n) is 10.3. The molecule has 3 aromatic carbocycles. The fourth-order valence-electron chi connectivity index (χ4n) is 4.55. The van der Waals surface area contributed by atoms with Crippen LogP contribution >= 0.6 is 0 Å². The predicted molar refractivity (Wildman–Crippen MR) is 154 cm³/mol. The second-order valence-corrected chi connectivity index (χ2v) is 10.3. The van der Waals surface area contributed by atoms with E-state index in [2.05, 4.69) is 58.7 Å². The Labute approximate surface area is 228 Å². The third-order valence-corrected chi connectivity index (χ3v) is 6.10. The average molecular weight is 526 g/mol. The van der Waals surface area contributed by atoms with E-state index < -0.39 is 11.8 Å². The minimum Gasteiger partial charge on any atom is -0.369 e. The van der Waals surface area contributed by atoms with Crippen molar-refractivity contribution < 1.29 is 9.18 Å². The largest absolute Gasteiger partial charge is 0.369 e. The van der Waals surface area contributed by atoms with Crippen LogP contribution in [-0.4, -0.2) is 31.4 Å². The van der Waals surface area contributed by atoms with Crippen molar-refractivity contribution in [3.8, 4) is 17.2 Å². The summed E-state index contributed by atoms with van der Waals surface area (Å²) < 4.78 is 13.8. The fraction of sp³-hybridized carbons (Fsp3) is 0.300. The van der Waals surface area contributed by atoms with Crippen LogP contribution in [0.15, 0.2) is 76.1 Å². The summed E-state index contributed by atoms with van der Waals surface area (Å²) in [5.74, 6) is 0.173. The summed E-state index contributed by atoms with van der Waals surface area (Å²) in [6.07, 6.45) is 0. The van der Waals surface area contributed by atoms with Gasteiger partial charge in [0.05, 0.1) is 22.6 Å². The van der Waals surface area contributed by atoms with Gasteiger partial charge >= 0.3 is 6.03 Å². The SMILES string of the molecule is CC(C)CN(CC(C)C)c1ccc(-c2ccccc2C2=NN=NC2)cc1NC(=O)Nc1ccc(F)c(C#N)c1. The van der Waals surface area contributed by atoms with Crippen LogP contribution < -0.4 is 15.5 Å². The molecule has 0 spiro atoms. The topological polar surface area (TPSA) is 105 Å². The van der Waals surface area contributed by atoms with Crippen molar-refractivity contribution >= 4 is 28.8 Å². The van der Waals surface area contributed by atoms with Crippen LogP contribution in [-0.2, 0) is 0 Å². The van der Waals surface area contributed by atoms with Crippen LogP contribution in [0.2, 0.25) is 0 Å². The van der Waals surface area contributed by atoms with Gasteiger partial charge in [0.25, 0.3) is 0 Å². The Morgan fingerprint density at radius 3 is 2.36 bits per heavy atom. The van der Waals surface area contributed by atoms with Gasteiger partial charge in [0, 0.05) is 24.3 Å². The molecular formula is C30H32FN7O.